The summed E-state index contributed by atoms with van der Waals surface area (Å²) in [6.45, 7) is 0. The van der Waals surface area contributed by atoms with E-state index >= 15 is 0 Å². The minimum Gasteiger partial charge on any atom is -0.497 e. The van der Waals surface area contributed by atoms with Gasteiger partial charge in [0, 0.05) is 30.9 Å². The average molecular weight is 441 g/mol. The lowest BCUT2D eigenvalue weighted by atomic mass is 10.1. The van der Waals surface area contributed by atoms with E-state index in [4.69, 9.17) is 11.2 Å². The molecule has 0 aliphatic heterocycles. The predicted molar refractivity (Wildman–Crippen MR) is 131 cm³/mol. The van der Waals surface area contributed by atoms with E-state index in [1.807, 2.05) is 14.1 Å². The van der Waals surface area contributed by atoms with Crippen LogP contribution in [0.2, 0.25) is 0 Å². The van der Waals surface area contributed by atoms with E-state index in [2.05, 4.69) is 21.7 Å². The number of ether oxygens (including phenoxy) is 1. The lowest BCUT2D eigenvalue weighted by Gasteiger charge is -2.13. The van der Waals surface area contributed by atoms with Crippen LogP contribution in [0.1, 0.15) is 31.8 Å². The number of rotatable bonds is 7. The van der Waals surface area contributed by atoms with Crippen LogP contribution in [0.25, 0.3) is 0 Å². The van der Waals surface area contributed by atoms with Gasteiger partial charge in [-0.1, -0.05) is 18.1 Å². The fraction of sp³-hybridized carbons (Fsp3) is 0.115. The van der Waals surface area contributed by atoms with Gasteiger partial charge in [-0.15, -0.1) is 6.42 Å². The second-order valence-electron chi connectivity index (χ2n) is 7.26. The van der Waals surface area contributed by atoms with Crippen LogP contribution in [0.3, 0.4) is 0 Å². The van der Waals surface area contributed by atoms with Crippen LogP contribution in [0.15, 0.2) is 71.8 Å². The minimum atomic E-state index is -0.395. The topological polar surface area (TPSA) is 83.0 Å². The number of carbonyl (C=O) groups excluding carboxylic acids is 2. The first-order valence-electron chi connectivity index (χ1n) is 10.1. The van der Waals surface area contributed by atoms with Crippen LogP contribution in [-0.4, -0.2) is 44.2 Å². The molecule has 0 aliphatic rings. The summed E-state index contributed by atoms with van der Waals surface area (Å²) in [6, 6.07) is 18.8. The number of terminal acetylenes is 1. The maximum atomic E-state index is 13.0. The molecule has 3 rings (SSSR count). The molecule has 166 valence electrons. The van der Waals surface area contributed by atoms with Crippen molar-refractivity contribution in [1.82, 2.24) is 5.01 Å². The molecule has 3 aromatic carbocycles. The summed E-state index contributed by atoms with van der Waals surface area (Å²) in [7, 11) is 5.16. The fourth-order valence-electron chi connectivity index (χ4n) is 2.89. The van der Waals surface area contributed by atoms with Crippen molar-refractivity contribution in [3.8, 4) is 18.1 Å². The van der Waals surface area contributed by atoms with Gasteiger partial charge in [0.15, 0.2) is 0 Å². The number of hydrazone groups is 1. The molecule has 0 saturated carbocycles. The van der Waals surface area contributed by atoms with Gasteiger partial charge in [-0.2, -0.15) is 5.10 Å². The molecule has 0 radical (unpaired) electrons. The van der Waals surface area contributed by atoms with Crippen LogP contribution in [0.4, 0.5) is 11.4 Å². The minimum absolute atomic E-state index is 0.262. The quantitative estimate of drug-likeness (QED) is 0.330. The average Bonchev–Trinajstić information content (AvgIpc) is 2.83. The molecule has 0 heterocycles. The summed E-state index contributed by atoms with van der Waals surface area (Å²) in [4.78, 5) is 25.8. The Hall–Kier alpha value is -4.57. The second kappa shape index (κ2) is 10.6. The first kappa shape index (κ1) is 23.1. The maximum Gasteiger partial charge on any atom is 0.257 e. The van der Waals surface area contributed by atoms with Crippen molar-refractivity contribution >= 4 is 29.4 Å². The Morgan fingerprint density at radius 3 is 2.27 bits per heavy atom. The van der Waals surface area contributed by atoms with Crippen molar-refractivity contribution in [2.24, 2.45) is 5.10 Å². The van der Waals surface area contributed by atoms with E-state index in [0.717, 1.165) is 5.56 Å². The van der Waals surface area contributed by atoms with E-state index < -0.39 is 5.91 Å². The molecule has 3 aromatic rings. The normalized spacial score (nSPS) is 10.4. The van der Waals surface area contributed by atoms with E-state index in [1.54, 1.807) is 78.0 Å². The van der Waals surface area contributed by atoms with E-state index in [9.17, 15) is 9.59 Å². The molecule has 2 amide bonds. The van der Waals surface area contributed by atoms with Crippen LogP contribution in [-0.2, 0) is 0 Å². The number of nitrogens with one attached hydrogen (secondary N) is 2. The number of carbonyl (C=O) groups is 2. The van der Waals surface area contributed by atoms with Gasteiger partial charge >= 0.3 is 0 Å². The van der Waals surface area contributed by atoms with Gasteiger partial charge in [-0.3, -0.25) is 9.59 Å². The van der Waals surface area contributed by atoms with Crippen LogP contribution in [0.5, 0.6) is 5.75 Å². The Balaban J connectivity index is 1.80. The molecule has 7 heteroatoms. The molecule has 0 saturated heterocycles. The smallest absolute Gasteiger partial charge is 0.257 e. The number of hydrogen-bond acceptors (Lipinski definition) is 5. The molecular weight excluding hydrogens is 416 g/mol. The zero-order valence-corrected chi connectivity index (χ0v) is 18.6. The van der Waals surface area contributed by atoms with Crippen molar-refractivity contribution in [3.63, 3.8) is 0 Å². The molecule has 0 aromatic heterocycles. The van der Waals surface area contributed by atoms with Gasteiger partial charge in [0.25, 0.3) is 11.8 Å². The molecule has 0 aliphatic carbocycles. The highest BCUT2D eigenvalue weighted by molar-refractivity contribution is 6.12. The van der Waals surface area contributed by atoms with Gasteiger partial charge in [0.1, 0.15) is 5.75 Å². The van der Waals surface area contributed by atoms with Gasteiger partial charge < -0.3 is 20.4 Å². The second-order valence-corrected chi connectivity index (χ2v) is 7.26. The highest BCUT2D eigenvalue weighted by Gasteiger charge is 2.16. The number of amides is 2. The first-order chi connectivity index (χ1) is 15.9. The summed E-state index contributed by atoms with van der Waals surface area (Å²) < 4.78 is 5.25. The van der Waals surface area contributed by atoms with Crippen LogP contribution >= 0.6 is 0 Å². The third-order valence-electron chi connectivity index (χ3n) is 4.64. The van der Waals surface area contributed by atoms with Gasteiger partial charge in [0.2, 0.25) is 0 Å². The largest absolute Gasteiger partial charge is 0.497 e. The number of methoxy groups -OCH3 is 1. The van der Waals surface area contributed by atoms with Crippen molar-refractivity contribution in [3.05, 3.63) is 89.0 Å². The van der Waals surface area contributed by atoms with Crippen LogP contribution in [0, 0.1) is 12.3 Å². The van der Waals surface area contributed by atoms with Crippen molar-refractivity contribution in [1.29, 1.82) is 0 Å². The summed E-state index contributed by atoms with van der Waals surface area (Å²) >= 11 is 0. The standard InChI is InChI=1S/C26H24N4O3/c1-5-18-8-12-21(13-9-18)28-26(32)23-16-22(33-4)14-15-24(23)29-25(31)20-10-6-19(7-11-20)17-27-30(2)3/h1,6-17H,2-4H3,(H,28,32)(H,29,31). The lowest BCUT2D eigenvalue weighted by molar-refractivity contribution is 0.102. The molecule has 0 fully saturated rings. The Morgan fingerprint density at radius 1 is 0.970 bits per heavy atom. The predicted octanol–water partition coefficient (Wildman–Crippen LogP) is 4.08. The Morgan fingerprint density at radius 2 is 1.67 bits per heavy atom. The summed E-state index contributed by atoms with van der Waals surface area (Å²) in [6.07, 6.45) is 7.07. The molecular formula is C26H24N4O3. The van der Waals surface area contributed by atoms with E-state index in [-0.39, 0.29) is 11.5 Å². The zero-order valence-electron chi connectivity index (χ0n) is 18.6. The number of hydrogen-bond donors (Lipinski definition) is 2. The lowest BCUT2D eigenvalue weighted by Crippen LogP contribution is -2.18. The van der Waals surface area contributed by atoms with Crippen LogP contribution < -0.4 is 15.4 Å². The van der Waals surface area contributed by atoms with Gasteiger partial charge in [-0.25, -0.2) is 0 Å². The third-order valence-corrected chi connectivity index (χ3v) is 4.64. The maximum absolute atomic E-state index is 13.0. The number of anilines is 2. The highest BCUT2D eigenvalue weighted by atomic mass is 16.5. The number of nitrogens with zero attached hydrogens (tertiary/aromatic N) is 2. The Bertz CT molecular complexity index is 1210. The van der Waals surface area contributed by atoms with Crippen molar-refractivity contribution in [2.75, 3.05) is 31.8 Å². The van der Waals surface area contributed by atoms with Crippen molar-refractivity contribution < 1.29 is 14.3 Å². The van der Waals surface area contributed by atoms with E-state index in [0.29, 0.717) is 28.3 Å². The zero-order chi connectivity index (χ0) is 23.8. The molecule has 2 N–H and O–H groups in total. The summed E-state index contributed by atoms with van der Waals surface area (Å²) in [5.41, 5.74) is 3.22. The SMILES string of the molecule is C#Cc1ccc(NC(=O)c2cc(OC)ccc2NC(=O)c2ccc(C=NN(C)C)cc2)cc1. The molecule has 33 heavy (non-hydrogen) atoms. The molecule has 7 nitrogen and oxygen atoms in total. The molecule has 0 bridgehead atoms. The Labute approximate surface area is 193 Å². The van der Waals surface area contributed by atoms with Gasteiger partial charge in [0.05, 0.1) is 24.6 Å². The number of benzene rings is 3. The first-order valence-corrected chi connectivity index (χ1v) is 10.1. The highest BCUT2D eigenvalue weighted by Crippen LogP contribution is 2.24. The summed E-state index contributed by atoms with van der Waals surface area (Å²) in [5, 5.41) is 11.5. The molecule has 0 spiro atoms. The fourth-order valence-corrected chi connectivity index (χ4v) is 2.89. The third kappa shape index (κ3) is 6.21. The van der Waals surface area contributed by atoms with E-state index in [1.165, 1.54) is 7.11 Å². The Kier molecular flexibility index (Phi) is 7.45. The molecule has 0 atom stereocenters. The van der Waals surface area contributed by atoms with Gasteiger partial charge in [-0.05, 0) is 60.2 Å². The summed E-state index contributed by atoms with van der Waals surface area (Å²) in [5.74, 6) is 2.28. The molecule has 0 unspecified atom stereocenters. The van der Waals surface area contributed by atoms with Crippen molar-refractivity contribution in [2.45, 2.75) is 0 Å². The monoisotopic (exact) mass is 440 g/mol.